The van der Waals surface area contributed by atoms with Gasteiger partial charge in [0.1, 0.15) is 11.5 Å². The quantitative estimate of drug-likeness (QED) is 0.443. The summed E-state index contributed by atoms with van der Waals surface area (Å²) >= 11 is 5.37. The molecule has 1 saturated heterocycles. The molecule has 7 nitrogen and oxygen atoms in total. The van der Waals surface area contributed by atoms with Crippen molar-refractivity contribution in [2.24, 2.45) is 0 Å². The number of alkyl halides is 3. The Balaban J connectivity index is 1.49. The van der Waals surface area contributed by atoms with Gasteiger partial charge >= 0.3 is 6.18 Å². The Kier molecular flexibility index (Phi) is 6.01. The fraction of sp³-hybridized carbons (Fsp3) is 0.522. The van der Waals surface area contributed by atoms with Gasteiger partial charge in [-0.3, -0.25) is 9.67 Å². The molecule has 2 aromatic heterocycles. The second-order valence-corrected chi connectivity index (χ2v) is 9.66. The van der Waals surface area contributed by atoms with Crippen molar-refractivity contribution in [2.45, 2.75) is 69.9 Å². The summed E-state index contributed by atoms with van der Waals surface area (Å²) in [6, 6.07) is 7.14. The molecule has 2 aliphatic rings. The first-order valence-electron chi connectivity index (χ1n) is 11.5. The lowest BCUT2D eigenvalue weighted by Crippen LogP contribution is -2.35. The number of aromatic amines is 1. The molecule has 1 fully saturated rings. The van der Waals surface area contributed by atoms with E-state index in [9.17, 15) is 13.2 Å². The molecule has 3 aromatic rings. The number of aromatic nitrogens is 5. The summed E-state index contributed by atoms with van der Waals surface area (Å²) in [5.74, 6) is 1.06. The van der Waals surface area contributed by atoms with E-state index in [0.717, 1.165) is 28.7 Å². The van der Waals surface area contributed by atoms with E-state index in [-0.39, 0.29) is 12.5 Å². The minimum Gasteiger partial charge on any atom is -0.376 e. The monoisotopic (exact) mass is 492 g/mol. The number of halogens is 3. The van der Waals surface area contributed by atoms with Crippen molar-refractivity contribution in [3.05, 3.63) is 46.2 Å². The van der Waals surface area contributed by atoms with Gasteiger partial charge in [0.15, 0.2) is 16.6 Å². The molecule has 2 aliphatic heterocycles. The van der Waals surface area contributed by atoms with E-state index >= 15 is 0 Å². The fourth-order valence-corrected chi connectivity index (χ4v) is 4.90. The maximum atomic E-state index is 14.1. The van der Waals surface area contributed by atoms with Crippen LogP contribution in [0.4, 0.5) is 19.0 Å². The Morgan fingerprint density at radius 2 is 2.00 bits per heavy atom. The predicted octanol–water partition coefficient (Wildman–Crippen LogP) is 5.77. The van der Waals surface area contributed by atoms with Crippen LogP contribution in [0.2, 0.25) is 0 Å². The van der Waals surface area contributed by atoms with Crippen LogP contribution in [0, 0.1) is 4.77 Å². The van der Waals surface area contributed by atoms with Gasteiger partial charge in [0.2, 0.25) is 0 Å². The summed E-state index contributed by atoms with van der Waals surface area (Å²) in [6.45, 7) is 5.35. The van der Waals surface area contributed by atoms with Crippen LogP contribution in [0.5, 0.6) is 0 Å². The number of ether oxygens (including phenoxy) is 1. The molecular weight excluding hydrogens is 465 g/mol. The number of rotatable bonds is 5. The minimum absolute atomic E-state index is 0.000436. The van der Waals surface area contributed by atoms with E-state index < -0.39 is 18.3 Å². The van der Waals surface area contributed by atoms with E-state index in [1.54, 1.807) is 10.6 Å². The zero-order valence-corrected chi connectivity index (χ0v) is 19.8. The van der Waals surface area contributed by atoms with Gasteiger partial charge in [-0.2, -0.15) is 23.4 Å². The molecule has 1 aromatic carbocycles. The Morgan fingerprint density at radius 1 is 1.24 bits per heavy atom. The Bertz CT molecular complexity index is 1210. The Labute approximate surface area is 200 Å². The highest BCUT2D eigenvalue weighted by molar-refractivity contribution is 7.71. The maximum absolute atomic E-state index is 14.1. The lowest BCUT2D eigenvalue weighted by Gasteiger charge is -2.33. The van der Waals surface area contributed by atoms with Crippen LogP contribution in [0.15, 0.2) is 30.3 Å². The number of hydrogen-bond acceptors (Lipinski definition) is 5. The standard InChI is InChI=1S/C23H27F3N6OS/c1-13(2)14-5-7-15(8-6-14)17-10-19(23(24,25)26)32-20(27-17)11-18(30-32)21-28-29-22(34)31(21)12-16-4-3-9-33-16/h5-8,11,13,16-17,19,27H,3-4,9-10,12H2,1-2H3,(H,29,34)/t16-,17+,19-/m1/s1. The third kappa shape index (κ3) is 4.38. The van der Waals surface area contributed by atoms with Crippen LogP contribution in [-0.4, -0.2) is 43.4 Å². The molecule has 0 unspecified atom stereocenters. The largest absolute Gasteiger partial charge is 0.410 e. The molecule has 34 heavy (non-hydrogen) atoms. The van der Waals surface area contributed by atoms with E-state index in [4.69, 9.17) is 17.0 Å². The first-order chi connectivity index (χ1) is 16.2. The van der Waals surface area contributed by atoms with E-state index in [2.05, 4.69) is 34.5 Å². The van der Waals surface area contributed by atoms with Crippen molar-refractivity contribution in [3.8, 4) is 11.5 Å². The van der Waals surface area contributed by atoms with Crippen LogP contribution in [0.3, 0.4) is 0 Å². The van der Waals surface area contributed by atoms with Gasteiger partial charge in [0.25, 0.3) is 0 Å². The molecule has 5 rings (SSSR count). The number of anilines is 1. The van der Waals surface area contributed by atoms with Crippen LogP contribution >= 0.6 is 12.2 Å². The number of hydrogen-bond donors (Lipinski definition) is 2. The smallest absolute Gasteiger partial charge is 0.376 e. The summed E-state index contributed by atoms with van der Waals surface area (Å²) in [5, 5.41) is 14.6. The molecule has 0 spiro atoms. The van der Waals surface area contributed by atoms with Gasteiger partial charge in [-0.05, 0) is 42.1 Å². The third-order valence-electron chi connectivity index (χ3n) is 6.59. The van der Waals surface area contributed by atoms with Crippen molar-refractivity contribution in [1.29, 1.82) is 0 Å². The van der Waals surface area contributed by atoms with Gasteiger partial charge in [-0.25, -0.2) is 4.68 Å². The number of H-pyrrole nitrogens is 1. The van der Waals surface area contributed by atoms with Crippen molar-refractivity contribution < 1.29 is 17.9 Å². The minimum atomic E-state index is -4.45. The van der Waals surface area contributed by atoms with E-state index in [1.807, 2.05) is 24.3 Å². The molecular formula is C23H27F3N6OS. The Morgan fingerprint density at radius 3 is 2.65 bits per heavy atom. The van der Waals surface area contributed by atoms with Crippen molar-refractivity contribution in [2.75, 3.05) is 11.9 Å². The molecule has 2 N–H and O–H groups in total. The molecule has 0 amide bonds. The molecule has 0 saturated carbocycles. The van der Waals surface area contributed by atoms with E-state index in [1.165, 1.54) is 0 Å². The van der Waals surface area contributed by atoms with Crippen molar-refractivity contribution in [3.63, 3.8) is 0 Å². The zero-order valence-electron chi connectivity index (χ0n) is 19.0. The van der Waals surface area contributed by atoms with Crippen molar-refractivity contribution >= 4 is 18.0 Å². The molecule has 11 heteroatoms. The van der Waals surface area contributed by atoms with Gasteiger partial charge in [0.05, 0.1) is 18.7 Å². The second kappa shape index (κ2) is 8.84. The molecule has 182 valence electrons. The number of nitrogens with one attached hydrogen (secondary N) is 2. The average Bonchev–Trinajstić information content (AvgIpc) is 3.53. The molecule has 0 bridgehead atoms. The highest BCUT2D eigenvalue weighted by Gasteiger charge is 2.46. The van der Waals surface area contributed by atoms with Gasteiger partial charge in [0, 0.05) is 19.1 Å². The molecule has 4 heterocycles. The third-order valence-corrected chi connectivity index (χ3v) is 6.90. The first kappa shape index (κ1) is 23.1. The fourth-order valence-electron chi connectivity index (χ4n) is 4.69. The van der Waals surface area contributed by atoms with E-state index in [0.29, 0.717) is 41.2 Å². The maximum Gasteiger partial charge on any atom is 0.410 e. The number of nitrogens with zero attached hydrogens (tertiary/aromatic N) is 4. The number of fused-ring (bicyclic) bond motifs is 1. The highest BCUT2D eigenvalue weighted by atomic mass is 32.1. The zero-order chi connectivity index (χ0) is 24.0. The van der Waals surface area contributed by atoms with Gasteiger partial charge < -0.3 is 10.1 Å². The summed E-state index contributed by atoms with van der Waals surface area (Å²) in [5.41, 5.74) is 2.29. The SMILES string of the molecule is CC(C)c1ccc([C@@H]2C[C@H](C(F)(F)F)n3nc(-c4n[nH]c(=S)n4C[C@H]4CCCO4)cc3N2)cc1. The predicted molar refractivity (Wildman–Crippen MR) is 124 cm³/mol. The van der Waals surface area contributed by atoms with Crippen LogP contribution in [0.1, 0.15) is 62.2 Å². The van der Waals surface area contributed by atoms with Crippen LogP contribution < -0.4 is 5.32 Å². The molecule has 0 radical (unpaired) electrons. The normalized spacial score (nSPS) is 22.7. The summed E-state index contributed by atoms with van der Waals surface area (Å²) in [7, 11) is 0. The second-order valence-electron chi connectivity index (χ2n) is 9.27. The first-order valence-corrected chi connectivity index (χ1v) is 11.9. The van der Waals surface area contributed by atoms with Crippen molar-refractivity contribution in [1.82, 2.24) is 24.5 Å². The van der Waals surface area contributed by atoms with Crippen LogP contribution in [-0.2, 0) is 11.3 Å². The lowest BCUT2D eigenvalue weighted by molar-refractivity contribution is -0.173. The van der Waals surface area contributed by atoms with Gasteiger partial charge in [-0.15, -0.1) is 0 Å². The highest BCUT2D eigenvalue weighted by Crippen LogP contribution is 2.44. The summed E-state index contributed by atoms with van der Waals surface area (Å²) in [6.07, 6.45) is -2.72. The van der Waals surface area contributed by atoms with Crippen LogP contribution in [0.25, 0.3) is 11.5 Å². The molecule has 0 aliphatic carbocycles. The summed E-state index contributed by atoms with van der Waals surface area (Å²) < 4.78 is 51.2. The Hall–Kier alpha value is -2.66. The summed E-state index contributed by atoms with van der Waals surface area (Å²) in [4.78, 5) is 0. The van der Waals surface area contributed by atoms with Gasteiger partial charge in [-0.1, -0.05) is 38.1 Å². The average molecular weight is 493 g/mol. The topological polar surface area (TPSA) is 72.7 Å². The number of benzene rings is 1. The lowest BCUT2D eigenvalue weighted by atomic mass is 9.94. The molecule has 3 atom stereocenters.